The number of anilines is 1. The van der Waals surface area contributed by atoms with Crippen molar-refractivity contribution in [1.82, 2.24) is 9.88 Å². The van der Waals surface area contributed by atoms with Crippen molar-refractivity contribution in [2.45, 2.75) is 37.6 Å². The molecule has 3 rings (SSSR count). The van der Waals surface area contributed by atoms with Crippen LogP contribution in [0, 0.1) is 0 Å². The van der Waals surface area contributed by atoms with Crippen molar-refractivity contribution in [2.24, 2.45) is 0 Å². The topological polar surface area (TPSA) is 56.7 Å². The average Bonchev–Trinajstić information content (AvgIpc) is 2.96. The normalized spacial score (nSPS) is 22.8. The smallest absolute Gasteiger partial charge is 0.347 e. The number of rotatable bonds is 5. The first kappa shape index (κ1) is 13.8. The molecule has 2 fully saturated rings. The maximum Gasteiger partial charge on any atom is 0.347 e. The van der Waals surface area contributed by atoms with E-state index in [1.807, 2.05) is 0 Å². The van der Waals surface area contributed by atoms with Crippen LogP contribution in [0.5, 0.6) is 0 Å². The first-order valence-corrected chi connectivity index (χ1v) is 8.03. The molecule has 2 heterocycles. The minimum atomic E-state index is -0.820. The number of thiazole rings is 1. The van der Waals surface area contributed by atoms with Crippen LogP contribution in [0.15, 0.2) is 0 Å². The van der Waals surface area contributed by atoms with E-state index in [4.69, 9.17) is 0 Å². The van der Waals surface area contributed by atoms with Crippen molar-refractivity contribution < 1.29 is 9.90 Å². The molecule has 0 bridgehead atoms. The molecule has 5 nitrogen and oxygen atoms in total. The van der Waals surface area contributed by atoms with Crippen LogP contribution in [0.1, 0.15) is 47.0 Å². The van der Waals surface area contributed by atoms with Crippen molar-refractivity contribution in [2.75, 3.05) is 32.1 Å². The van der Waals surface area contributed by atoms with Gasteiger partial charge in [0.05, 0.1) is 5.69 Å². The number of aromatic nitrogens is 1. The van der Waals surface area contributed by atoms with Gasteiger partial charge in [-0.3, -0.25) is 0 Å². The van der Waals surface area contributed by atoms with Gasteiger partial charge in [0.1, 0.15) is 4.88 Å². The molecule has 6 heteroatoms. The van der Waals surface area contributed by atoms with Gasteiger partial charge in [0, 0.05) is 25.0 Å². The van der Waals surface area contributed by atoms with Gasteiger partial charge in [0.2, 0.25) is 0 Å². The summed E-state index contributed by atoms with van der Waals surface area (Å²) in [5.74, 6) is -0.431. The van der Waals surface area contributed by atoms with Crippen LogP contribution in [-0.2, 0) is 0 Å². The highest BCUT2D eigenvalue weighted by molar-refractivity contribution is 7.17. The molecule has 1 aliphatic heterocycles. The fraction of sp³-hybridized carbons (Fsp3) is 0.714. The van der Waals surface area contributed by atoms with E-state index >= 15 is 0 Å². The van der Waals surface area contributed by atoms with E-state index in [2.05, 4.69) is 28.9 Å². The van der Waals surface area contributed by atoms with Crippen molar-refractivity contribution in [3.63, 3.8) is 0 Å². The second-order valence-corrected chi connectivity index (χ2v) is 7.02. The number of likely N-dealkylation sites (N-methyl/N-ethyl adjacent to an activating group) is 1. The van der Waals surface area contributed by atoms with Gasteiger partial charge in [-0.2, -0.15) is 0 Å². The maximum atomic E-state index is 11.4. The summed E-state index contributed by atoms with van der Waals surface area (Å²) in [5, 5.41) is 10.3. The van der Waals surface area contributed by atoms with Gasteiger partial charge in [-0.1, -0.05) is 11.3 Å². The number of nitrogens with zero attached hydrogens (tertiary/aromatic N) is 3. The molecule has 0 amide bonds. The Morgan fingerprint density at radius 3 is 2.80 bits per heavy atom. The standard InChI is InChI=1S/C14H21N3O2S/c1-16(2)8-10-4-3-7-17(10)14-15-11(9-5-6-9)12(20-14)13(18)19/h9-10H,3-8H2,1-2H3,(H,18,19). The number of aromatic carboxylic acids is 1. The van der Waals surface area contributed by atoms with Gasteiger partial charge in [-0.15, -0.1) is 0 Å². The van der Waals surface area contributed by atoms with Gasteiger partial charge in [0.25, 0.3) is 0 Å². The first-order chi connectivity index (χ1) is 9.56. The van der Waals surface area contributed by atoms with Crippen molar-refractivity contribution in [3.05, 3.63) is 10.6 Å². The minimum Gasteiger partial charge on any atom is -0.477 e. The Labute approximate surface area is 123 Å². The molecule has 0 spiro atoms. The molecule has 1 aliphatic carbocycles. The predicted octanol–water partition coefficient (Wildman–Crippen LogP) is 2.25. The van der Waals surface area contributed by atoms with E-state index in [1.54, 1.807) is 0 Å². The molecule has 110 valence electrons. The third kappa shape index (κ3) is 2.67. The molecule has 1 N–H and O–H groups in total. The fourth-order valence-electron chi connectivity index (χ4n) is 2.93. The second-order valence-electron chi connectivity index (χ2n) is 6.04. The van der Waals surface area contributed by atoms with Gasteiger partial charge < -0.3 is 14.9 Å². The van der Waals surface area contributed by atoms with Crippen LogP contribution in [-0.4, -0.2) is 54.2 Å². The van der Waals surface area contributed by atoms with Crippen LogP contribution < -0.4 is 4.90 Å². The van der Waals surface area contributed by atoms with Crippen molar-refractivity contribution in [1.29, 1.82) is 0 Å². The summed E-state index contributed by atoms with van der Waals surface area (Å²) in [4.78, 5) is 21.0. The summed E-state index contributed by atoms with van der Waals surface area (Å²) in [5.41, 5.74) is 0.827. The zero-order valence-corrected chi connectivity index (χ0v) is 12.8. The summed E-state index contributed by atoms with van der Waals surface area (Å²) < 4.78 is 0. The molecule has 1 aromatic heterocycles. The van der Waals surface area contributed by atoms with E-state index < -0.39 is 5.97 Å². The molecule has 20 heavy (non-hydrogen) atoms. The Morgan fingerprint density at radius 2 is 2.20 bits per heavy atom. The quantitative estimate of drug-likeness (QED) is 0.903. The Morgan fingerprint density at radius 1 is 1.45 bits per heavy atom. The Bertz CT molecular complexity index is 511. The minimum absolute atomic E-state index is 0.390. The Balaban J connectivity index is 1.85. The molecule has 0 aromatic carbocycles. The van der Waals surface area contributed by atoms with Gasteiger partial charge in [-0.25, -0.2) is 9.78 Å². The highest BCUT2D eigenvalue weighted by atomic mass is 32.1. The summed E-state index contributed by atoms with van der Waals surface area (Å²) in [6.07, 6.45) is 4.51. The van der Waals surface area contributed by atoms with Crippen LogP contribution in [0.4, 0.5) is 5.13 Å². The molecule has 2 aliphatic rings. The summed E-state index contributed by atoms with van der Waals surface area (Å²) >= 11 is 1.36. The Hall–Kier alpha value is -1.14. The fourth-order valence-corrected chi connectivity index (χ4v) is 4.02. The van der Waals surface area contributed by atoms with E-state index in [9.17, 15) is 9.90 Å². The SMILES string of the molecule is CN(C)CC1CCCN1c1nc(C2CC2)c(C(=O)O)s1. The molecule has 1 atom stereocenters. The number of hydrogen-bond donors (Lipinski definition) is 1. The monoisotopic (exact) mass is 295 g/mol. The van der Waals surface area contributed by atoms with E-state index in [0.29, 0.717) is 16.8 Å². The highest BCUT2D eigenvalue weighted by Crippen LogP contribution is 2.44. The maximum absolute atomic E-state index is 11.4. The third-order valence-corrected chi connectivity index (χ3v) is 5.10. The Kier molecular flexibility index (Phi) is 3.69. The van der Waals surface area contributed by atoms with Crippen LogP contribution in [0.3, 0.4) is 0 Å². The predicted molar refractivity (Wildman–Crippen MR) is 80.0 cm³/mol. The lowest BCUT2D eigenvalue weighted by atomic mass is 10.2. The molecule has 0 radical (unpaired) electrons. The zero-order chi connectivity index (χ0) is 14.3. The van der Waals surface area contributed by atoms with Crippen molar-refractivity contribution in [3.8, 4) is 0 Å². The molecular weight excluding hydrogens is 274 g/mol. The lowest BCUT2D eigenvalue weighted by molar-refractivity contribution is 0.0700. The number of hydrogen-bond acceptors (Lipinski definition) is 5. The van der Waals surface area contributed by atoms with Crippen LogP contribution in [0.2, 0.25) is 0 Å². The van der Waals surface area contributed by atoms with Crippen molar-refractivity contribution >= 4 is 22.4 Å². The molecule has 1 saturated carbocycles. The lowest BCUT2D eigenvalue weighted by Crippen LogP contribution is -2.37. The lowest BCUT2D eigenvalue weighted by Gasteiger charge is -2.26. The second kappa shape index (κ2) is 5.33. The summed E-state index contributed by atoms with van der Waals surface area (Å²) in [6.45, 7) is 2.00. The average molecular weight is 295 g/mol. The first-order valence-electron chi connectivity index (χ1n) is 7.21. The molecule has 1 aromatic rings. The highest BCUT2D eigenvalue weighted by Gasteiger charge is 2.35. The molecule has 1 saturated heterocycles. The van der Waals surface area contributed by atoms with E-state index in [0.717, 1.165) is 36.8 Å². The summed E-state index contributed by atoms with van der Waals surface area (Å²) in [6, 6.07) is 0.463. The third-order valence-electron chi connectivity index (χ3n) is 4.00. The number of carboxylic acid groups (broad SMARTS) is 1. The van der Waals surface area contributed by atoms with Crippen LogP contribution >= 0.6 is 11.3 Å². The molecular formula is C14H21N3O2S. The molecule has 1 unspecified atom stereocenters. The van der Waals surface area contributed by atoms with Gasteiger partial charge in [0.15, 0.2) is 5.13 Å². The summed E-state index contributed by atoms with van der Waals surface area (Å²) in [7, 11) is 4.16. The van der Waals surface area contributed by atoms with E-state index in [-0.39, 0.29) is 0 Å². The van der Waals surface area contributed by atoms with Gasteiger partial charge in [-0.05, 0) is 39.8 Å². The zero-order valence-electron chi connectivity index (χ0n) is 12.0. The number of carbonyl (C=O) groups is 1. The van der Waals surface area contributed by atoms with E-state index in [1.165, 1.54) is 24.2 Å². The van der Waals surface area contributed by atoms with Gasteiger partial charge >= 0.3 is 5.97 Å². The largest absolute Gasteiger partial charge is 0.477 e. The van der Waals surface area contributed by atoms with Crippen LogP contribution in [0.25, 0.3) is 0 Å². The number of carboxylic acids is 1.